The van der Waals surface area contributed by atoms with E-state index in [0.29, 0.717) is 11.1 Å². The number of nitriles is 1. The predicted octanol–water partition coefficient (Wildman–Crippen LogP) is 0.516. The van der Waals surface area contributed by atoms with Gasteiger partial charge in [0.1, 0.15) is 6.10 Å². The standard InChI is InChI=1S/C12H13NO4/c1-2-17-12(16)11(15)10(14)9-5-3-8(7-13)4-6-9/h3-6,10-11,14-15H,2H2,1H3/t10-,11+/m1/s1. The molecule has 0 aliphatic rings. The average molecular weight is 235 g/mol. The summed E-state index contributed by atoms with van der Waals surface area (Å²) in [6, 6.07) is 7.88. The van der Waals surface area contributed by atoms with Gasteiger partial charge in [0.05, 0.1) is 18.2 Å². The van der Waals surface area contributed by atoms with Gasteiger partial charge in [-0.05, 0) is 24.6 Å². The Labute approximate surface area is 98.9 Å². The Bertz CT molecular complexity index is 421. The minimum atomic E-state index is -1.62. The fraction of sp³-hybridized carbons (Fsp3) is 0.333. The Morgan fingerprint density at radius 1 is 1.41 bits per heavy atom. The lowest BCUT2D eigenvalue weighted by molar-refractivity contribution is -0.159. The normalized spacial score (nSPS) is 13.5. The molecule has 0 heterocycles. The van der Waals surface area contributed by atoms with Gasteiger partial charge >= 0.3 is 5.97 Å². The van der Waals surface area contributed by atoms with Gasteiger partial charge < -0.3 is 14.9 Å². The number of esters is 1. The molecule has 2 N–H and O–H groups in total. The quantitative estimate of drug-likeness (QED) is 0.742. The van der Waals surface area contributed by atoms with Crippen LogP contribution in [0.1, 0.15) is 24.2 Å². The average Bonchev–Trinajstić information content (AvgIpc) is 2.37. The second-order valence-electron chi connectivity index (χ2n) is 3.38. The number of benzene rings is 1. The minimum Gasteiger partial charge on any atom is -0.464 e. The van der Waals surface area contributed by atoms with Crippen LogP contribution in [-0.2, 0) is 9.53 Å². The van der Waals surface area contributed by atoms with Gasteiger partial charge in [0.25, 0.3) is 0 Å². The lowest BCUT2D eigenvalue weighted by Crippen LogP contribution is -2.29. The van der Waals surface area contributed by atoms with Crippen molar-refractivity contribution < 1.29 is 19.7 Å². The molecular formula is C12H13NO4. The molecule has 2 atom stereocenters. The van der Waals surface area contributed by atoms with Crippen molar-refractivity contribution in [2.75, 3.05) is 6.61 Å². The molecule has 0 saturated carbocycles. The largest absolute Gasteiger partial charge is 0.464 e. The van der Waals surface area contributed by atoms with E-state index < -0.39 is 18.2 Å². The first-order valence-corrected chi connectivity index (χ1v) is 5.13. The van der Waals surface area contributed by atoms with E-state index >= 15 is 0 Å². The van der Waals surface area contributed by atoms with E-state index in [1.54, 1.807) is 6.92 Å². The van der Waals surface area contributed by atoms with Gasteiger partial charge in [-0.2, -0.15) is 5.26 Å². The van der Waals surface area contributed by atoms with Crippen LogP contribution in [0.5, 0.6) is 0 Å². The first kappa shape index (κ1) is 13.2. The zero-order valence-corrected chi connectivity index (χ0v) is 9.33. The molecule has 17 heavy (non-hydrogen) atoms. The Balaban J connectivity index is 2.78. The van der Waals surface area contributed by atoms with Crippen molar-refractivity contribution in [2.24, 2.45) is 0 Å². The van der Waals surface area contributed by atoms with Crippen molar-refractivity contribution in [3.63, 3.8) is 0 Å². The number of nitrogens with zero attached hydrogens (tertiary/aromatic N) is 1. The summed E-state index contributed by atoms with van der Waals surface area (Å²) in [5, 5.41) is 27.8. The molecule has 0 spiro atoms. The molecule has 0 aromatic heterocycles. The third-order valence-electron chi connectivity index (χ3n) is 2.21. The Morgan fingerprint density at radius 3 is 2.47 bits per heavy atom. The van der Waals surface area contributed by atoms with Crippen LogP contribution in [0.2, 0.25) is 0 Å². The fourth-order valence-corrected chi connectivity index (χ4v) is 1.29. The molecule has 0 aliphatic heterocycles. The van der Waals surface area contributed by atoms with Gasteiger partial charge in [0, 0.05) is 0 Å². The first-order valence-electron chi connectivity index (χ1n) is 5.13. The number of hydrogen-bond donors (Lipinski definition) is 2. The number of carbonyl (C=O) groups excluding carboxylic acids is 1. The van der Waals surface area contributed by atoms with Crippen molar-refractivity contribution in [1.29, 1.82) is 5.26 Å². The van der Waals surface area contributed by atoms with Gasteiger partial charge in [-0.3, -0.25) is 0 Å². The van der Waals surface area contributed by atoms with E-state index in [0.717, 1.165) is 0 Å². The summed E-state index contributed by atoms with van der Waals surface area (Å²) in [6.07, 6.45) is -2.98. The highest BCUT2D eigenvalue weighted by Gasteiger charge is 2.26. The zero-order valence-electron chi connectivity index (χ0n) is 9.33. The van der Waals surface area contributed by atoms with E-state index in [4.69, 9.17) is 5.26 Å². The van der Waals surface area contributed by atoms with Crippen LogP contribution < -0.4 is 0 Å². The smallest absolute Gasteiger partial charge is 0.338 e. The molecule has 0 fully saturated rings. The summed E-state index contributed by atoms with van der Waals surface area (Å²) in [7, 11) is 0. The third kappa shape index (κ3) is 3.28. The van der Waals surface area contributed by atoms with Crippen LogP contribution in [0.4, 0.5) is 0 Å². The highest BCUT2D eigenvalue weighted by atomic mass is 16.5. The monoisotopic (exact) mass is 235 g/mol. The Morgan fingerprint density at radius 2 is 2.00 bits per heavy atom. The van der Waals surface area contributed by atoms with Crippen LogP contribution in [0, 0.1) is 11.3 Å². The van der Waals surface area contributed by atoms with E-state index in [2.05, 4.69) is 4.74 Å². The second-order valence-corrected chi connectivity index (χ2v) is 3.38. The second kappa shape index (κ2) is 5.99. The van der Waals surface area contributed by atoms with Crippen LogP contribution >= 0.6 is 0 Å². The third-order valence-corrected chi connectivity index (χ3v) is 2.21. The van der Waals surface area contributed by atoms with E-state index in [1.807, 2.05) is 6.07 Å². The number of rotatable bonds is 4. The summed E-state index contributed by atoms with van der Waals surface area (Å²) < 4.78 is 4.59. The Kier molecular flexibility index (Phi) is 4.64. The molecule has 0 saturated heterocycles. The maximum Gasteiger partial charge on any atom is 0.338 e. The fourth-order valence-electron chi connectivity index (χ4n) is 1.29. The number of carbonyl (C=O) groups is 1. The summed E-state index contributed by atoms with van der Waals surface area (Å²) in [5.41, 5.74) is 0.788. The van der Waals surface area contributed by atoms with Gasteiger partial charge in [-0.25, -0.2) is 4.79 Å². The SMILES string of the molecule is CCOC(=O)[C@@H](O)[C@H](O)c1ccc(C#N)cc1. The molecule has 5 heteroatoms. The van der Waals surface area contributed by atoms with E-state index in [1.165, 1.54) is 24.3 Å². The van der Waals surface area contributed by atoms with Crippen LogP contribution in [0.3, 0.4) is 0 Å². The lowest BCUT2D eigenvalue weighted by Gasteiger charge is -2.16. The summed E-state index contributed by atoms with van der Waals surface area (Å²) >= 11 is 0. The summed E-state index contributed by atoms with van der Waals surface area (Å²) in [5.74, 6) is -0.871. The first-order chi connectivity index (χ1) is 8.10. The van der Waals surface area contributed by atoms with Gasteiger partial charge in [-0.15, -0.1) is 0 Å². The van der Waals surface area contributed by atoms with Crippen LogP contribution in [-0.4, -0.2) is 28.9 Å². The molecule has 0 radical (unpaired) electrons. The molecule has 5 nitrogen and oxygen atoms in total. The molecule has 1 aromatic carbocycles. The number of ether oxygens (including phenoxy) is 1. The zero-order chi connectivity index (χ0) is 12.8. The van der Waals surface area contributed by atoms with Crippen molar-refractivity contribution in [3.05, 3.63) is 35.4 Å². The Hall–Kier alpha value is -1.90. The maximum atomic E-state index is 11.2. The van der Waals surface area contributed by atoms with Crippen molar-refractivity contribution >= 4 is 5.97 Å². The van der Waals surface area contributed by atoms with Crippen molar-refractivity contribution in [3.8, 4) is 6.07 Å². The van der Waals surface area contributed by atoms with Gasteiger partial charge in [0.15, 0.2) is 6.10 Å². The molecular weight excluding hydrogens is 222 g/mol. The van der Waals surface area contributed by atoms with Crippen LogP contribution in [0.25, 0.3) is 0 Å². The maximum absolute atomic E-state index is 11.2. The molecule has 0 amide bonds. The van der Waals surface area contributed by atoms with Crippen LogP contribution in [0.15, 0.2) is 24.3 Å². The van der Waals surface area contributed by atoms with Gasteiger partial charge in [-0.1, -0.05) is 12.1 Å². The minimum absolute atomic E-state index is 0.135. The number of hydrogen-bond acceptors (Lipinski definition) is 5. The number of aliphatic hydroxyl groups is 2. The molecule has 1 rings (SSSR count). The molecule has 1 aromatic rings. The van der Waals surface area contributed by atoms with Gasteiger partial charge in [0.2, 0.25) is 0 Å². The highest BCUT2D eigenvalue weighted by Crippen LogP contribution is 2.18. The van der Waals surface area contributed by atoms with E-state index in [9.17, 15) is 15.0 Å². The highest BCUT2D eigenvalue weighted by molar-refractivity contribution is 5.75. The molecule has 0 aliphatic carbocycles. The predicted molar refractivity (Wildman–Crippen MR) is 58.8 cm³/mol. The lowest BCUT2D eigenvalue weighted by atomic mass is 10.0. The van der Waals surface area contributed by atoms with Crippen molar-refractivity contribution in [1.82, 2.24) is 0 Å². The summed E-state index contributed by atoms with van der Waals surface area (Å²) in [4.78, 5) is 11.2. The molecule has 90 valence electrons. The number of aliphatic hydroxyl groups excluding tert-OH is 2. The molecule has 0 bridgehead atoms. The van der Waals surface area contributed by atoms with Crippen molar-refractivity contribution in [2.45, 2.75) is 19.1 Å². The molecule has 0 unspecified atom stereocenters. The summed E-state index contributed by atoms with van der Waals surface area (Å²) in [6.45, 7) is 1.74. The van der Waals surface area contributed by atoms with E-state index in [-0.39, 0.29) is 6.61 Å². The topological polar surface area (TPSA) is 90.6 Å².